The SMILES string of the molecule is CCC[C@@]1(CO)CN(C(=O)COc2ccccc2OC)CC[C@H]1O. The van der Waals surface area contributed by atoms with E-state index in [2.05, 4.69) is 0 Å². The lowest BCUT2D eigenvalue weighted by Gasteiger charge is -2.45. The number of rotatable bonds is 7. The molecule has 6 heteroatoms. The van der Waals surface area contributed by atoms with Crippen LogP contribution in [-0.4, -0.2) is 60.5 Å². The van der Waals surface area contributed by atoms with Gasteiger partial charge in [-0.3, -0.25) is 4.79 Å². The molecule has 134 valence electrons. The van der Waals surface area contributed by atoms with Crippen molar-refractivity contribution in [1.29, 1.82) is 0 Å². The van der Waals surface area contributed by atoms with Crippen LogP contribution in [0, 0.1) is 5.41 Å². The van der Waals surface area contributed by atoms with E-state index in [1.807, 2.05) is 19.1 Å². The van der Waals surface area contributed by atoms with E-state index in [-0.39, 0.29) is 19.1 Å². The number of hydrogen-bond acceptors (Lipinski definition) is 5. The molecular formula is C18H27NO5. The zero-order valence-corrected chi connectivity index (χ0v) is 14.4. The number of amides is 1. The highest BCUT2D eigenvalue weighted by Crippen LogP contribution is 2.35. The fourth-order valence-electron chi connectivity index (χ4n) is 3.31. The van der Waals surface area contributed by atoms with E-state index in [9.17, 15) is 15.0 Å². The summed E-state index contributed by atoms with van der Waals surface area (Å²) in [5, 5.41) is 20.1. The molecule has 0 bridgehead atoms. The second-order valence-electron chi connectivity index (χ2n) is 6.33. The van der Waals surface area contributed by atoms with Crippen molar-refractivity contribution in [2.75, 3.05) is 33.4 Å². The average molecular weight is 337 g/mol. The van der Waals surface area contributed by atoms with Gasteiger partial charge in [-0.2, -0.15) is 0 Å². The minimum absolute atomic E-state index is 0.0932. The fourth-order valence-corrected chi connectivity index (χ4v) is 3.31. The number of benzene rings is 1. The molecule has 0 saturated carbocycles. The van der Waals surface area contributed by atoms with Crippen LogP contribution >= 0.6 is 0 Å². The van der Waals surface area contributed by atoms with Crippen LogP contribution in [-0.2, 0) is 4.79 Å². The van der Waals surface area contributed by atoms with Crippen molar-refractivity contribution in [2.45, 2.75) is 32.3 Å². The third kappa shape index (κ3) is 3.99. The Morgan fingerprint density at radius 1 is 1.38 bits per heavy atom. The Kier molecular flexibility index (Phi) is 6.45. The van der Waals surface area contributed by atoms with Crippen molar-refractivity contribution in [3.63, 3.8) is 0 Å². The molecule has 0 unspecified atom stereocenters. The van der Waals surface area contributed by atoms with Crippen LogP contribution in [0.1, 0.15) is 26.2 Å². The number of aliphatic hydroxyl groups excluding tert-OH is 2. The molecule has 0 aliphatic carbocycles. The van der Waals surface area contributed by atoms with E-state index >= 15 is 0 Å². The number of nitrogens with zero attached hydrogens (tertiary/aromatic N) is 1. The first kappa shape index (κ1) is 18.5. The van der Waals surface area contributed by atoms with Crippen LogP contribution in [0.3, 0.4) is 0 Å². The van der Waals surface area contributed by atoms with Crippen molar-refractivity contribution in [1.82, 2.24) is 4.90 Å². The van der Waals surface area contributed by atoms with Crippen molar-refractivity contribution < 1.29 is 24.5 Å². The van der Waals surface area contributed by atoms with Gasteiger partial charge in [0.05, 0.1) is 19.8 Å². The van der Waals surface area contributed by atoms with E-state index < -0.39 is 11.5 Å². The normalized spacial score (nSPS) is 23.8. The highest BCUT2D eigenvalue weighted by molar-refractivity contribution is 5.78. The average Bonchev–Trinajstić information content (AvgIpc) is 2.62. The molecule has 1 amide bonds. The van der Waals surface area contributed by atoms with Crippen LogP contribution in [0.2, 0.25) is 0 Å². The van der Waals surface area contributed by atoms with Crippen LogP contribution < -0.4 is 9.47 Å². The summed E-state index contributed by atoms with van der Waals surface area (Å²) >= 11 is 0. The third-order valence-corrected chi connectivity index (χ3v) is 4.72. The van der Waals surface area contributed by atoms with Crippen molar-refractivity contribution >= 4 is 5.91 Å². The molecule has 0 spiro atoms. The molecule has 0 aromatic heterocycles. The number of para-hydroxylation sites is 2. The summed E-state index contributed by atoms with van der Waals surface area (Å²) < 4.78 is 10.8. The molecule has 1 aromatic rings. The lowest BCUT2D eigenvalue weighted by molar-refractivity contribution is -0.144. The predicted molar refractivity (Wildman–Crippen MR) is 90.1 cm³/mol. The summed E-state index contributed by atoms with van der Waals surface area (Å²) in [6.45, 7) is 2.62. The number of piperidine rings is 1. The summed E-state index contributed by atoms with van der Waals surface area (Å²) in [6, 6.07) is 7.17. The van der Waals surface area contributed by atoms with Gasteiger partial charge in [-0.1, -0.05) is 25.5 Å². The molecule has 0 radical (unpaired) electrons. The van der Waals surface area contributed by atoms with Crippen LogP contribution in [0.25, 0.3) is 0 Å². The van der Waals surface area contributed by atoms with Crippen molar-refractivity contribution in [3.8, 4) is 11.5 Å². The molecule has 1 fully saturated rings. The summed E-state index contributed by atoms with van der Waals surface area (Å²) in [5.74, 6) is 0.948. The van der Waals surface area contributed by atoms with Gasteiger partial charge in [0.2, 0.25) is 0 Å². The first-order chi connectivity index (χ1) is 11.6. The fraction of sp³-hybridized carbons (Fsp3) is 0.611. The Hall–Kier alpha value is -1.79. The largest absolute Gasteiger partial charge is 0.493 e. The van der Waals surface area contributed by atoms with E-state index in [0.29, 0.717) is 37.4 Å². The van der Waals surface area contributed by atoms with Gasteiger partial charge < -0.3 is 24.6 Å². The maximum Gasteiger partial charge on any atom is 0.260 e. The van der Waals surface area contributed by atoms with Gasteiger partial charge in [-0.15, -0.1) is 0 Å². The van der Waals surface area contributed by atoms with E-state index in [1.165, 1.54) is 0 Å². The van der Waals surface area contributed by atoms with Crippen LogP contribution in [0.15, 0.2) is 24.3 Å². The minimum Gasteiger partial charge on any atom is -0.493 e. The van der Waals surface area contributed by atoms with Crippen molar-refractivity contribution in [3.05, 3.63) is 24.3 Å². The van der Waals surface area contributed by atoms with Gasteiger partial charge >= 0.3 is 0 Å². The van der Waals surface area contributed by atoms with Gasteiger partial charge in [0.25, 0.3) is 5.91 Å². The quantitative estimate of drug-likeness (QED) is 0.787. The van der Waals surface area contributed by atoms with Gasteiger partial charge in [-0.05, 0) is 25.0 Å². The number of methoxy groups -OCH3 is 1. The maximum absolute atomic E-state index is 12.5. The number of ether oxygens (including phenoxy) is 2. The Morgan fingerprint density at radius 3 is 2.71 bits per heavy atom. The molecule has 1 saturated heterocycles. The molecular weight excluding hydrogens is 310 g/mol. The highest BCUT2D eigenvalue weighted by atomic mass is 16.5. The Balaban J connectivity index is 1.99. The summed E-state index contributed by atoms with van der Waals surface area (Å²) in [7, 11) is 1.55. The first-order valence-corrected chi connectivity index (χ1v) is 8.39. The second-order valence-corrected chi connectivity index (χ2v) is 6.33. The van der Waals surface area contributed by atoms with Gasteiger partial charge in [-0.25, -0.2) is 0 Å². The molecule has 24 heavy (non-hydrogen) atoms. The number of aliphatic hydroxyl groups is 2. The monoisotopic (exact) mass is 337 g/mol. The molecule has 2 rings (SSSR count). The maximum atomic E-state index is 12.5. The Labute approximate surface area is 143 Å². The number of carbonyl (C=O) groups is 1. The van der Waals surface area contributed by atoms with Crippen LogP contribution in [0.5, 0.6) is 11.5 Å². The molecule has 2 N–H and O–H groups in total. The smallest absolute Gasteiger partial charge is 0.260 e. The lowest BCUT2D eigenvalue weighted by atomic mass is 9.74. The molecule has 2 atom stereocenters. The topological polar surface area (TPSA) is 79.2 Å². The summed E-state index contributed by atoms with van der Waals surface area (Å²) in [5.41, 5.74) is -0.632. The van der Waals surface area contributed by atoms with Crippen LogP contribution in [0.4, 0.5) is 0 Å². The van der Waals surface area contributed by atoms with E-state index in [4.69, 9.17) is 9.47 Å². The summed E-state index contributed by atoms with van der Waals surface area (Å²) in [6.07, 6.45) is 1.42. The van der Waals surface area contributed by atoms with Gasteiger partial charge in [0, 0.05) is 18.5 Å². The highest BCUT2D eigenvalue weighted by Gasteiger charge is 2.42. The third-order valence-electron chi connectivity index (χ3n) is 4.72. The molecule has 1 aromatic carbocycles. The molecule has 1 aliphatic rings. The van der Waals surface area contributed by atoms with Crippen molar-refractivity contribution in [2.24, 2.45) is 5.41 Å². The van der Waals surface area contributed by atoms with E-state index in [0.717, 1.165) is 6.42 Å². The summed E-state index contributed by atoms with van der Waals surface area (Å²) in [4.78, 5) is 14.2. The number of carbonyl (C=O) groups excluding carboxylic acids is 1. The molecule has 1 heterocycles. The minimum atomic E-state index is -0.632. The Morgan fingerprint density at radius 2 is 2.08 bits per heavy atom. The zero-order valence-electron chi connectivity index (χ0n) is 14.4. The van der Waals surface area contributed by atoms with Gasteiger partial charge in [0.15, 0.2) is 18.1 Å². The lowest BCUT2D eigenvalue weighted by Crippen LogP contribution is -2.56. The first-order valence-electron chi connectivity index (χ1n) is 8.39. The number of hydrogen-bond donors (Lipinski definition) is 2. The predicted octanol–water partition coefficient (Wildman–Crippen LogP) is 1.45. The number of likely N-dealkylation sites (tertiary alicyclic amines) is 1. The van der Waals surface area contributed by atoms with Gasteiger partial charge in [0.1, 0.15) is 0 Å². The standard InChI is InChI=1S/C18H27NO5/c1-3-9-18(13-20)12-19(10-8-16(18)21)17(22)11-24-15-7-5-4-6-14(15)23-2/h4-7,16,20-21H,3,8-13H2,1-2H3/t16-,18+/m1/s1. The molecule has 6 nitrogen and oxygen atoms in total. The zero-order chi connectivity index (χ0) is 17.6. The Bertz CT molecular complexity index is 550. The van der Waals surface area contributed by atoms with E-state index in [1.54, 1.807) is 24.1 Å². The second kappa shape index (κ2) is 8.35. The molecule has 1 aliphatic heterocycles.